The summed E-state index contributed by atoms with van der Waals surface area (Å²) in [6.45, 7) is 2.87. The van der Waals surface area contributed by atoms with Gasteiger partial charge in [-0.1, -0.05) is 6.42 Å². The van der Waals surface area contributed by atoms with Gasteiger partial charge in [0.1, 0.15) is 6.04 Å². The van der Waals surface area contributed by atoms with E-state index < -0.39 is 6.04 Å². The molecule has 31 heavy (non-hydrogen) atoms. The summed E-state index contributed by atoms with van der Waals surface area (Å²) >= 11 is 0. The molecular formula is C24H32N4O3. The molecule has 0 spiro atoms. The lowest BCUT2D eigenvalue weighted by Gasteiger charge is -2.40. The number of nitrogens with zero attached hydrogens (tertiary/aromatic N) is 3. The molecule has 1 unspecified atom stereocenters. The number of hydrogen-bond acceptors (Lipinski definition) is 5. The molecule has 0 bridgehead atoms. The Labute approximate surface area is 183 Å². The van der Waals surface area contributed by atoms with Gasteiger partial charge in [-0.25, -0.2) is 0 Å². The van der Waals surface area contributed by atoms with E-state index in [-0.39, 0.29) is 24.1 Å². The molecule has 7 heteroatoms. The summed E-state index contributed by atoms with van der Waals surface area (Å²) in [5, 5.41) is 2.37. The molecule has 3 fully saturated rings. The highest BCUT2D eigenvalue weighted by atomic mass is 16.2. The van der Waals surface area contributed by atoms with Crippen molar-refractivity contribution in [3.63, 3.8) is 0 Å². The van der Waals surface area contributed by atoms with E-state index in [0.717, 1.165) is 11.3 Å². The third-order valence-corrected chi connectivity index (χ3v) is 7.72. The fourth-order valence-corrected chi connectivity index (χ4v) is 6.02. The van der Waals surface area contributed by atoms with Crippen LogP contribution in [0.1, 0.15) is 67.3 Å². The predicted molar refractivity (Wildman–Crippen MR) is 118 cm³/mol. The number of likely N-dealkylation sites (tertiary alicyclic amines) is 1. The van der Waals surface area contributed by atoms with Crippen LogP contribution >= 0.6 is 0 Å². The molecular weight excluding hydrogens is 392 g/mol. The van der Waals surface area contributed by atoms with Gasteiger partial charge in [-0.3, -0.25) is 24.6 Å². The number of imide groups is 1. The number of fused-ring (bicyclic) bond motifs is 1. The summed E-state index contributed by atoms with van der Waals surface area (Å²) in [6, 6.07) is 6.65. The van der Waals surface area contributed by atoms with Crippen LogP contribution in [0.4, 0.5) is 5.69 Å². The van der Waals surface area contributed by atoms with E-state index in [1.165, 1.54) is 51.6 Å². The van der Waals surface area contributed by atoms with Gasteiger partial charge in [-0.15, -0.1) is 0 Å². The van der Waals surface area contributed by atoms with Crippen LogP contribution in [0.2, 0.25) is 0 Å². The first-order valence-corrected chi connectivity index (χ1v) is 11.8. The number of likely N-dealkylation sites (N-methyl/N-ethyl adjacent to an activating group) is 1. The Morgan fingerprint density at radius 3 is 2.58 bits per heavy atom. The number of anilines is 1. The predicted octanol–water partition coefficient (Wildman–Crippen LogP) is 2.29. The fraction of sp³-hybridized carbons (Fsp3) is 0.625. The molecule has 0 aromatic heterocycles. The van der Waals surface area contributed by atoms with Crippen molar-refractivity contribution < 1.29 is 14.4 Å². The Bertz CT molecular complexity index is 895. The quantitative estimate of drug-likeness (QED) is 0.751. The number of nitrogens with one attached hydrogen (secondary N) is 1. The number of rotatable bonds is 4. The second-order valence-corrected chi connectivity index (χ2v) is 9.51. The second kappa shape index (κ2) is 8.26. The minimum atomic E-state index is -0.558. The largest absolute Gasteiger partial charge is 0.370 e. The van der Waals surface area contributed by atoms with Crippen LogP contribution in [0, 0.1) is 0 Å². The average Bonchev–Trinajstić information content (AvgIpc) is 3.39. The molecule has 3 atom stereocenters. The van der Waals surface area contributed by atoms with Crippen molar-refractivity contribution in [1.29, 1.82) is 0 Å². The molecule has 4 aliphatic rings. The van der Waals surface area contributed by atoms with E-state index in [9.17, 15) is 14.4 Å². The van der Waals surface area contributed by atoms with Gasteiger partial charge in [0.15, 0.2) is 0 Å². The van der Waals surface area contributed by atoms with E-state index in [1.807, 2.05) is 6.07 Å². The fourth-order valence-electron chi connectivity index (χ4n) is 6.02. The monoisotopic (exact) mass is 424 g/mol. The molecule has 166 valence electrons. The molecule has 3 aliphatic heterocycles. The summed E-state index contributed by atoms with van der Waals surface area (Å²) in [5.74, 6) is -0.718. The van der Waals surface area contributed by atoms with Crippen molar-refractivity contribution in [3.8, 4) is 0 Å². The van der Waals surface area contributed by atoms with Crippen molar-refractivity contribution in [2.45, 2.75) is 76.0 Å². The Kier molecular flexibility index (Phi) is 5.46. The van der Waals surface area contributed by atoms with Crippen LogP contribution < -0.4 is 10.2 Å². The van der Waals surface area contributed by atoms with E-state index >= 15 is 0 Å². The SMILES string of the molecule is CN(c1ccc2c(c1)CN(C1CCC(=O)NC1=O)C2=O)[C@@H]1CCC[C@@H]1N1CCCCC1. The molecule has 3 amide bonds. The minimum absolute atomic E-state index is 0.106. The number of carbonyl (C=O) groups excluding carboxylic acids is 3. The van der Waals surface area contributed by atoms with Crippen LogP contribution in [0.5, 0.6) is 0 Å². The van der Waals surface area contributed by atoms with Crippen molar-refractivity contribution >= 4 is 23.4 Å². The van der Waals surface area contributed by atoms with Crippen LogP contribution in [0.25, 0.3) is 0 Å². The Morgan fingerprint density at radius 2 is 1.81 bits per heavy atom. The molecule has 1 aromatic carbocycles. The Balaban J connectivity index is 1.33. The van der Waals surface area contributed by atoms with Crippen LogP contribution in [0.15, 0.2) is 18.2 Å². The number of carbonyl (C=O) groups is 3. The molecule has 1 N–H and O–H groups in total. The summed E-state index contributed by atoms with van der Waals surface area (Å²) in [7, 11) is 2.18. The van der Waals surface area contributed by atoms with Crippen molar-refractivity contribution in [2.75, 3.05) is 25.0 Å². The number of benzene rings is 1. The summed E-state index contributed by atoms with van der Waals surface area (Å²) in [4.78, 5) is 43.4. The highest BCUT2D eigenvalue weighted by Gasteiger charge is 2.40. The van der Waals surface area contributed by atoms with E-state index in [0.29, 0.717) is 30.6 Å². The maximum atomic E-state index is 13.0. The average molecular weight is 425 g/mol. The number of hydrogen-bond donors (Lipinski definition) is 1. The Hall–Kier alpha value is -2.41. The van der Waals surface area contributed by atoms with Crippen molar-refractivity contribution in [2.24, 2.45) is 0 Å². The summed E-state index contributed by atoms with van der Waals surface area (Å²) in [5.41, 5.74) is 2.80. The first kappa shape index (κ1) is 20.5. The van der Waals surface area contributed by atoms with Gasteiger partial charge in [0.05, 0.1) is 0 Å². The molecule has 7 nitrogen and oxygen atoms in total. The normalized spacial score (nSPS) is 29.3. The Morgan fingerprint density at radius 1 is 1.00 bits per heavy atom. The molecule has 3 heterocycles. The van der Waals surface area contributed by atoms with Crippen LogP contribution in [-0.2, 0) is 16.1 Å². The minimum Gasteiger partial charge on any atom is -0.370 e. The lowest BCUT2D eigenvalue weighted by atomic mass is 10.0. The smallest absolute Gasteiger partial charge is 0.255 e. The van der Waals surface area contributed by atoms with E-state index in [4.69, 9.17) is 0 Å². The van der Waals surface area contributed by atoms with E-state index in [1.54, 1.807) is 4.90 Å². The van der Waals surface area contributed by atoms with Gasteiger partial charge in [-0.2, -0.15) is 0 Å². The lowest BCUT2D eigenvalue weighted by molar-refractivity contribution is -0.136. The van der Waals surface area contributed by atoms with Gasteiger partial charge in [0.2, 0.25) is 11.8 Å². The number of piperidine rings is 2. The zero-order valence-corrected chi connectivity index (χ0v) is 18.3. The summed E-state index contributed by atoms with van der Waals surface area (Å²) in [6.07, 6.45) is 8.39. The number of amides is 3. The van der Waals surface area contributed by atoms with Gasteiger partial charge >= 0.3 is 0 Å². The maximum Gasteiger partial charge on any atom is 0.255 e. The third-order valence-electron chi connectivity index (χ3n) is 7.72. The topological polar surface area (TPSA) is 73.0 Å². The van der Waals surface area contributed by atoms with Crippen LogP contribution in [0.3, 0.4) is 0 Å². The van der Waals surface area contributed by atoms with Gasteiger partial charge in [0, 0.05) is 43.3 Å². The zero-order valence-electron chi connectivity index (χ0n) is 18.3. The highest BCUT2D eigenvalue weighted by molar-refractivity contribution is 6.05. The first-order chi connectivity index (χ1) is 15.0. The van der Waals surface area contributed by atoms with Gasteiger partial charge in [-0.05, 0) is 75.4 Å². The first-order valence-electron chi connectivity index (χ1n) is 11.8. The van der Waals surface area contributed by atoms with Crippen molar-refractivity contribution in [1.82, 2.24) is 15.1 Å². The molecule has 1 saturated carbocycles. The highest BCUT2D eigenvalue weighted by Crippen LogP contribution is 2.35. The molecule has 5 rings (SSSR count). The zero-order chi connectivity index (χ0) is 21.5. The second-order valence-electron chi connectivity index (χ2n) is 9.51. The third kappa shape index (κ3) is 3.73. The van der Waals surface area contributed by atoms with Gasteiger partial charge in [0.25, 0.3) is 5.91 Å². The molecule has 2 saturated heterocycles. The molecule has 0 radical (unpaired) electrons. The molecule has 1 aliphatic carbocycles. The standard InChI is InChI=1S/C24H32N4O3/c1-26(19-6-5-7-20(19)27-12-3-2-4-13-27)17-8-9-18-16(14-17)15-28(24(18)31)21-10-11-22(29)25-23(21)30/h8-9,14,19-21H,2-7,10-13,15H2,1H3,(H,25,29,30)/t19-,20+,21?/m1/s1. The summed E-state index contributed by atoms with van der Waals surface area (Å²) < 4.78 is 0. The van der Waals surface area contributed by atoms with Gasteiger partial charge < -0.3 is 9.80 Å². The maximum absolute atomic E-state index is 13.0. The van der Waals surface area contributed by atoms with Crippen LogP contribution in [-0.4, -0.2) is 65.8 Å². The van der Waals surface area contributed by atoms with Crippen molar-refractivity contribution in [3.05, 3.63) is 29.3 Å². The lowest BCUT2D eigenvalue weighted by Crippen LogP contribution is -2.52. The van der Waals surface area contributed by atoms with E-state index in [2.05, 4.69) is 34.3 Å². The molecule has 1 aromatic rings.